The van der Waals surface area contributed by atoms with Crippen molar-refractivity contribution in [2.24, 2.45) is 29.6 Å². The van der Waals surface area contributed by atoms with Crippen molar-refractivity contribution in [3.05, 3.63) is 0 Å². The predicted molar refractivity (Wildman–Crippen MR) is 185 cm³/mol. The van der Waals surface area contributed by atoms with Crippen molar-refractivity contribution < 1.29 is 78.3 Å². The Morgan fingerprint density at radius 1 is 0.442 bits per heavy atom. The van der Waals surface area contributed by atoms with Crippen molar-refractivity contribution in [3.63, 3.8) is 0 Å². The smallest absolute Gasteiger partial charge is 0.348 e. The van der Waals surface area contributed by atoms with E-state index in [-0.39, 0.29) is 0 Å². The summed E-state index contributed by atoms with van der Waals surface area (Å²) in [7, 11) is 0. The van der Waals surface area contributed by atoms with Crippen LogP contribution in [0.25, 0.3) is 0 Å². The van der Waals surface area contributed by atoms with Crippen LogP contribution in [0.3, 0.4) is 0 Å². The highest BCUT2D eigenvalue weighted by atomic mass is 16.6. The summed E-state index contributed by atoms with van der Waals surface area (Å²) >= 11 is 0. The van der Waals surface area contributed by atoms with Crippen LogP contribution in [0.1, 0.15) is 101 Å². The molecule has 0 unspecified atom stereocenters. The molecule has 0 heterocycles. The maximum Gasteiger partial charge on any atom is 0.348 e. The number of esters is 5. The molecule has 52 heavy (non-hydrogen) atoms. The third-order valence-corrected chi connectivity index (χ3v) is 9.69. The molecule has 0 amide bonds. The quantitative estimate of drug-likeness (QED) is 0.0566. The Bertz CT molecular complexity index is 1100. The van der Waals surface area contributed by atoms with Gasteiger partial charge in [0.2, 0.25) is 24.4 Å². The van der Waals surface area contributed by atoms with Gasteiger partial charge in [-0.1, -0.05) is 75.7 Å². The van der Waals surface area contributed by atoms with E-state index in [1.165, 1.54) is 0 Å². The molecule has 304 valence electrons. The van der Waals surface area contributed by atoms with Crippen LogP contribution in [0.5, 0.6) is 0 Å². The molecule has 0 aromatic carbocycles. The molecule has 0 aliphatic rings. The van der Waals surface area contributed by atoms with Crippen molar-refractivity contribution in [2.45, 2.75) is 156 Å². The molecule has 0 rings (SSSR count). The molecule has 0 saturated heterocycles. The van der Waals surface area contributed by atoms with Crippen LogP contribution >= 0.6 is 0 Å². The van der Waals surface area contributed by atoms with Gasteiger partial charge in [0.25, 0.3) is 0 Å². The first-order valence-corrected chi connectivity index (χ1v) is 18.3. The van der Waals surface area contributed by atoms with Gasteiger partial charge >= 0.3 is 29.8 Å². The summed E-state index contributed by atoms with van der Waals surface area (Å²) in [6.07, 6.45) is -13.4. The first-order chi connectivity index (χ1) is 24.3. The molecule has 16 nitrogen and oxygen atoms in total. The Kier molecular flexibility index (Phi) is 23.1. The van der Waals surface area contributed by atoms with Crippen LogP contribution in [0, 0.1) is 29.6 Å². The summed E-state index contributed by atoms with van der Waals surface area (Å²) in [5.74, 6) is -8.22. The molecule has 0 aliphatic heterocycles. The van der Waals surface area contributed by atoms with Crippen LogP contribution in [-0.4, -0.2) is 129 Å². The maximum atomic E-state index is 13.7. The number of rotatable bonds is 25. The van der Waals surface area contributed by atoms with Gasteiger partial charge in [-0.3, -0.25) is 0 Å². The first-order valence-electron chi connectivity index (χ1n) is 18.3. The summed E-state index contributed by atoms with van der Waals surface area (Å²) in [5.41, 5.74) is 0. The second-order valence-corrected chi connectivity index (χ2v) is 13.7. The van der Waals surface area contributed by atoms with E-state index in [4.69, 9.17) is 28.8 Å². The van der Waals surface area contributed by atoms with Crippen molar-refractivity contribution >= 4 is 29.8 Å². The Morgan fingerprint density at radius 2 is 0.731 bits per heavy atom. The fourth-order valence-electron chi connectivity index (χ4n) is 4.58. The number of aliphatic hydroxyl groups is 6. The molecule has 0 aliphatic carbocycles. The van der Waals surface area contributed by atoms with E-state index >= 15 is 0 Å². The van der Waals surface area contributed by atoms with Crippen molar-refractivity contribution in [1.82, 2.24) is 0 Å². The molecule has 0 saturated carbocycles. The van der Waals surface area contributed by atoms with Gasteiger partial charge in [0, 0.05) is 23.7 Å². The lowest BCUT2D eigenvalue weighted by molar-refractivity contribution is -0.196. The van der Waals surface area contributed by atoms with Crippen LogP contribution < -0.4 is 0 Å². The summed E-state index contributed by atoms with van der Waals surface area (Å²) in [6.45, 7) is 15.0. The molecule has 0 fully saturated rings. The third-order valence-electron chi connectivity index (χ3n) is 9.69. The van der Waals surface area contributed by atoms with Gasteiger partial charge in [0.15, 0.2) is 6.10 Å². The second kappa shape index (κ2) is 24.4. The van der Waals surface area contributed by atoms with E-state index in [1.807, 2.05) is 0 Å². The Balaban J connectivity index is 6.15. The van der Waals surface area contributed by atoms with E-state index in [2.05, 4.69) is 0 Å². The number of hydrogen-bond donors (Lipinski definition) is 6. The topological polar surface area (TPSA) is 253 Å². The SMILES string of the molecule is CC[C@@H](C)[C@H](OC(=O)[C@@H](O)[C@@H](C)CC)C(=O)O[C@H](C(=O)O[C@H](C(=O)O[C@H](C(=O)OC[C@H](O)[C@H](O)[C@H](O)[C@H](O)CO)[C@H](C)CC)[C@H](C)CC)[C@H](C)CC. The van der Waals surface area contributed by atoms with Gasteiger partial charge in [-0.25, -0.2) is 24.0 Å². The average molecular weight is 753 g/mol. The zero-order valence-corrected chi connectivity index (χ0v) is 32.3. The molecule has 14 atom stereocenters. The monoisotopic (exact) mass is 752 g/mol. The van der Waals surface area contributed by atoms with Crippen LogP contribution in [-0.2, 0) is 47.7 Å². The van der Waals surface area contributed by atoms with Crippen LogP contribution in [0.2, 0.25) is 0 Å². The van der Waals surface area contributed by atoms with Crippen molar-refractivity contribution in [1.29, 1.82) is 0 Å². The normalized spacial score (nSPS) is 19.8. The van der Waals surface area contributed by atoms with E-state index in [1.54, 1.807) is 69.2 Å². The second-order valence-electron chi connectivity index (χ2n) is 13.7. The summed E-state index contributed by atoms with van der Waals surface area (Å²) in [6, 6.07) is 0. The Hall–Kier alpha value is -2.89. The van der Waals surface area contributed by atoms with E-state index < -0.39 is 128 Å². The first kappa shape index (κ1) is 49.1. The fourth-order valence-corrected chi connectivity index (χ4v) is 4.58. The molecule has 0 spiro atoms. The van der Waals surface area contributed by atoms with Gasteiger partial charge in [0.05, 0.1) is 6.61 Å². The summed E-state index contributed by atoms with van der Waals surface area (Å²) in [5, 5.41) is 58.9. The van der Waals surface area contributed by atoms with E-state index in [0.29, 0.717) is 32.1 Å². The summed E-state index contributed by atoms with van der Waals surface area (Å²) < 4.78 is 27.2. The highest BCUT2D eigenvalue weighted by molar-refractivity contribution is 5.87. The molecule has 0 aromatic rings. The predicted octanol–water partition coefficient (Wildman–Crippen LogP) is 1.20. The zero-order chi connectivity index (χ0) is 40.5. The number of ether oxygens (including phenoxy) is 5. The standard InChI is InChI=1S/C36H64O16/c1-11-18(6)25(40)32(43)49-29(20(8)13-3)34(45)51-31(22(10)15-5)36(47)52-30(21(9)14-4)35(46)50-28(19(7)12-2)33(44)48-17-24(39)27(42)26(41)23(38)16-37/h18-31,37-42H,11-17H2,1-10H3/t18-,19+,20+,21+,22+,23+,24-,25-,26+,27-,28-,29-,30-,31-/m0/s1. The minimum atomic E-state index is -2.00. The highest BCUT2D eigenvalue weighted by Crippen LogP contribution is 2.24. The molecule has 16 heteroatoms. The third kappa shape index (κ3) is 14.9. The number of carbonyl (C=O) groups excluding carboxylic acids is 5. The van der Waals surface area contributed by atoms with Gasteiger partial charge in [-0.2, -0.15) is 0 Å². The zero-order valence-electron chi connectivity index (χ0n) is 32.3. The van der Waals surface area contributed by atoms with Gasteiger partial charge in [0.1, 0.15) is 31.0 Å². The van der Waals surface area contributed by atoms with Gasteiger partial charge in [-0.05, 0) is 31.6 Å². The highest BCUT2D eigenvalue weighted by Gasteiger charge is 2.42. The largest absolute Gasteiger partial charge is 0.460 e. The number of carbonyl (C=O) groups is 5. The minimum Gasteiger partial charge on any atom is -0.460 e. The van der Waals surface area contributed by atoms with Gasteiger partial charge in [-0.15, -0.1) is 0 Å². The Labute approximate surface area is 307 Å². The number of aliphatic hydroxyl groups excluding tert-OH is 6. The Morgan fingerprint density at radius 3 is 1.04 bits per heavy atom. The van der Waals surface area contributed by atoms with E-state index in [0.717, 1.165) is 0 Å². The fraction of sp³-hybridized carbons (Fsp3) is 0.861. The molecule has 0 aromatic heterocycles. The molecular weight excluding hydrogens is 688 g/mol. The lowest BCUT2D eigenvalue weighted by Gasteiger charge is -2.30. The summed E-state index contributed by atoms with van der Waals surface area (Å²) in [4.78, 5) is 66.4. The molecule has 6 N–H and O–H groups in total. The molecule has 0 radical (unpaired) electrons. The van der Waals surface area contributed by atoms with Crippen molar-refractivity contribution in [3.8, 4) is 0 Å². The van der Waals surface area contributed by atoms with Gasteiger partial charge < -0.3 is 54.3 Å². The van der Waals surface area contributed by atoms with Crippen LogP contribution in [0.4, 0.5) is 0 Å². The minimum absolute atomic E-state index is 0.315. The molecular formula is C36H64O16. The lowest BCUT2D eigenvalue weighted by atomic mass is 9.98. The molecule has 0 bridgehead atoms. The van der Waals surface area contributed by atoms with E-state index in [9.17, 15) is 49.5 Å². The number of hydrogen-bond acceptors (Lipinski definition) is 16. The lowest BCUT2D eigenvalue weighted by Crippen LogP contribution is -2.48. The average Bonchev–Trinajstić information content (AvgIpc) is 3.15. The van der Waals surface area contributed by atoms with Crippen molar-refractivity contribution in [2.75, 3.05) is 13.2 Å². The maximum absolute atomic E-state index is 13.7. The van der Waals surface area contributed by atoms with Crippen LogP contribution in [0.15, 0.2) is 0 Å².